The van der Waals surface area contributed by atoms with Crippen LogP contribution in [0.4, 0.5) is 4.39 Å². The molecule has 0 atom stereocenters. The van der Waals surface area contributed by atoms with Gasteiger partial charge in [0.05, 0.1) is 12.4 Å². The molecule has 1 heterocycles. The van der Waals surface area contributed by atoms with E-state index in [-0.39, 0.29) is 5.16 Å². The molecule has 1 rings (SSSR count). The summed E-state index contributed by atoms with van der Waals surface area (Å²) in [6.07, 6.45) is 2.13. The Morgan fingerprint density at radius 2 is 1.88 bits per heavy atom. The van der Waals surface area contributed by atoms with Crippen molar-refractivity contribution in [3.63, 3.8) is 0 Å². The molecule has 0 aromatic carbocycles. The molecule has 0 aliphatic rings. The zero-order valence-corrected chi connectivity index (χ0v) is 4.77. The van der Waals surface area contributed by atoms with E-state index in [0.717, 1.165) is 12.4 Å². The number of rotatable bonds is 0. The van der Waals surface area contributed by atoms with Crippen molar-refractivity contribution in [1.29, 1.82) is 0 Å². The van der Waals surface area contributed by atoms with Gasteiger partial charge in [0.25, 0.3) is 0 Å². The number of aromatic nitrogens is 2. The van der Waals surface area contributed by atoms with Gasteiger partial charge >= 0.3 is 0 Å². The molecule has 42 valence electrons. The summed E-state index contributed by atoms with van der Waals surface area (Å²) in [6, 6.07) is 0. The van der Waals surface area contributed by atoms with E-state index in [2.05, 4.69) is 22.6 Å². The van der Waals surface area contributed by atoms with Crippen LogP contribution in [0, 0.1) is 5.82 Å². The van der Waals surface area contributed by atoms with Crippen LogP contribution in [-0.4, -0.2) is 9.97 Å². The average Bonchev–Trinajstić information content (AvgIpc) is 1.77. The van der Waals surface area contributed by atoms with Crippen molar-refractivity contribution in [2.75, 3.05) is 0 Å². The van der Waals surface area contributed by atoms with Gasteiger partial charge in [-0.1, -0.05) is 0 Å². The Kier molecular flexibility index (Phi) is 1.43. The van der Waals surface area contributed by atoms with Crippen molar-refractivity contribution in [1.82, 2.24) is 9.97 Å². The lowest BCUT2D eigenvalue weighted by atomic mass is 10.7. The lowest BCUT2D eigenvalue weighted by Crippen LogP contribution is -1.82. The van der Waals surface area contributed by atoms with Gasteiger partial charge in [0.15, 0.2) is 11.0 Å². The van der Waals surface area contributed by atoms with Crippen molar-refractivity contribution in [3.8, 4) is 0 Å². The second kappa shape index (κ2) is 2.09. The van der Waals surface area contributed by atoms with Gasteiger partial charge in [-0.3, -0.25) is 0 Å². The maximum atomic E-state index is 11.9. The zero-order chi connectivity index (χ0) is 5.98. The SMILES string of the molecule is Fc1cnc(S)nc1. The van der Waals surface area contributed by atoms with Crippen molar-refractivity contribution in [3.05, 3.63) is 18.2 Å². The van der Waals surface area contributed by atoms with E-state index in [1.54, 1.807) is 0 Å². The Bertz CT molecular complexity index is 153. The molecule has 0 aliphatic heterocycles. The Hall–Kier alpha value is -0.640. The molecule has 0 N–H and O–H groups in total. The van der Waals surface area contributed by atoms with Crippen molar-refractivity contribution in [2.24, 2.45) is 0 Å². The van der Waals surface area contributed by atoms with Gasteiger partial charge in [-0.25, -0.2) is 14.4 Å². The van der Waals surface area contributed by atoms with Crippen LogP contribution < -0.4 is 0 Å². The molecule has 0 spiro atoms. The smallest absolute Gasteiger partial charge is 0.184 e. The molecule has 2 nitrogen and oxygen atoms in total. The molecule has 4 heteroatoms. The quantitative estimate of drug-likeness (QED) is 0.417. The fraction of sp³-hybridized carbons (Fsp3) is 0. The first-order valence-electron chi connectivity index (χ1n) is 1.95. The van der Waals surface area contributed by atoms with E-state index in [0.29, 0.717) is 0 Å². The van der Waals surface area contributed by atoms with E-state index in [1.165, 1.54) is 0 Å². The van der Waals surface area contributed by atoms with Gasteiger partial charge in [-0.2, -0.15) is 0 Å². The molecular weight excluding hydrogens is 127 g/mol. The monoisotopic (exact) mass is 130 g/mol. The highest BCUT2D eigenvalue weighted by Crippen LogP contribution is 1.94. The van der Waals surface area contributed by atoms with E-state index in [1.807, 2.05) is 0 Å². The highest BCUT2D eigenvalue weighted by Gasteiger charge is 1.87. The molecule has 0 amide bonds. The molecule has 0 radical (unpaired) electrons. The van der Waals surface area contributed by atoms with E-state index in [4.69, 9.17) is 0 Å². The first-order chi connectivity index (χ1) is 3.79. The molecule has 1 aromatic rings. The van der Waals surface area contributed by atoms with Crippen molar-refractivity contribution >= 4 is 12.6 Å². The topological polar surface area (TPSA) is 25.8 Å². The van der Waals surface area contributed by atoms with E-state index < -0.39 is 5.82 Å². The highest BCUT2D eigenvalue weighted by molar-refractivity contribution is 7.80. The summed E-state index contributed by atoms with van der Waals surface area (Å²) in [5.74, 6) is -0.442. The zero-order valence-electron chi connectivity index (χ0n) is 3.87. The van der Waals surface area contributed by atoms with Crippen LogP contribution in [0.15, 0.2) is 17.6 Å². The lowest BCUT2D eigenvalue weighted by molar-refractivity contribution is 0.605. The Labute approximate surface area is 51.2 Å². The minimum absolute atomic E-state index is 0.284. The predicted molar refractivity (Wildman–Crippen MR) is 29.2 cm³/mol. The second-order valence-corrected chi connectivity index (χ2v) is 1.60. The number of hydrogen-bond acceptors (Lipinski definition) is 3. The summed E-state index contributed by atoms with van der Waals surface area (Å²) < 4.78 is 11.9. The van der Waals surface area contributed by atoms with Gasteiger partial charge in [-0.15, -0.1) is 12.6 Å². The first kappa shape index (κ1) is 5.50. The summed E-state index contributed by atoms with van der Waals surface area (Å²) in [4.78, 5) is 6.91. The largest absolute Gasteiger partial charge is 0.228 e. The van der Waals surface area contributed by atoms with Crippen LogP contribution in [-0.2, 0) is 0 Å². The van der Waals surface area contributed by atoms with Gasteiger partial charge in [0.1, 0.15) is 0 Å². The molecule has 0 saturated carbocycles. The molecule has 0 aliphatic carbocycles. The third-order valence-corrected chi connectivity index (χ3v) is 0.838. The number of nitrogens with zero attached hydrogens (tertiary/aromatic N) is 2. The third-order valence-electron chi connectivity index (χ3n) is 0.607. The van der Waals surface area contributed by atoms with Crippen LogP contribution in [0.25, 0.3) is 0 Å². The maximum absolute atomic E-state index is 11.9. The molecule has 8 heavy (non-hydrogen) atoms. The second-order valence-electron chi connectivity index (χ2n) is 1.20. The normalized spacial score (nSPS) is 9.25. The summed E-state index contributed by atoms with van der Waals surface area (Å²) >= 11 is 3.74. The fourth-order valence-corrected chi connectivity index (χ4v) is 0.421. The lowest BCUT2D eigenvalue weighted by Gasteiger charge is -1.84. The Balaban J connectivity index is 3.03. The average molecular weight is 130 g/mol. The van der Waals surface area contributed by atoms with Crippen LogP contribution >= 0.6 is 12.6 Å². The van der Waals surface area contributed by atoms with E-state index in [9.17, 15) is 4.39 Å². The molecular formula is C4H3FN2S. The molecule has 0 unspecified atom stereocenters. The standard InChI is InChI=1S/C4H3FN2S/c5-3-1-6-4(8)7-2-3/h1-2H,(H,6,7,8). The van der Waals surface area contributed by atoms with Crippen LogP contribution in [0.1, 0.15) is 0 Å². The fourth-order valence-electron chi connectivity index (χ4n) is 0.305. The van der Waals surface area contributed by atoms with E-state index >= 15 is 0 Å². The molecule has 0 bridgehead atoms. The number of halogens is 1. The molecule has 0 fully saturated rings. The number of hydrogen-bond donors (Lipinski definition) is 1. The van der Waals surface area contributed by atoms with Gasteiger partial charge in [0, 0.05) is 0 Å². The third kappa shape index (κ3) is 1.16. The van der Waals surface area contributed by atoms with Gasteiger partial charge < -0.3 is 0 Å². The molecule has 1 aromatic heterocycles. The number of thiol groups is 1. The predicted octanol–water partition coefficient (Wildman–Crippen LogP) is 0.904. The van der Waals surface area contributed by atoms with Crippen molar-refractivity contribution in [2.45, 2.75) is 5.16 Å². The Morgan fingerprint density at radius 1 is 1.38 bits per heavy atom. The highest BCUT2D eigenvalue weighted by atomic mass is 32.1. The summed E-state index contributed by atoms with van der Waals surface area (Å²) in [7, 11) is 0. The minimum Gasteiger partial charge on any atom is -0.228 e. The van der Waals surface area contributed by atoms with Crippen molar-refractivity contribution < 1.29 is 4.39 Å². The molecule has 0 saturated heterocycles. The maximum Gasteiger partial charge on any atom is 0.184 e. The van der Waals surface area contributed by atoms with Gasteiger partial charge in [0.2, 0.25) is 0 Å². The van der Waals surface area contributed by atoms with Crippen LogP contribution in [0.2, 0.25) is 0 Å². The first-order valence-corrected chi connectivity index (χ1v) is 2.40. The summed E-state index contributed by atoms with van der Waals surface area (Å²) in [5, 5.41) is 0.284. The minimum atomic E-state index is -0.442. The van der Waals surface area contributed by atoms with Gasteiger partial charge in [-0.05, 0) is 0 Å². The Morgan fingerprint density at radius 3 is 2.25 bits per heavy atom. The summed E-state index contributed by atoms with van der Waals surface area (Å²) in [5.41, 5.74) is 0. The summed E-state index contributed by atoms with van der Waals surface area (Å²) in [6.45, 7) is 0. The van der Waals surface area contributed by atoms with Crippen LogP contribution in [0.5, 0.6) is 0 Å². The van der Waals surface area contributed by atoms with Crippen LogP contribution in [0.3, 0.4) is 0 Å².